The maximum Gasteiger partial charge on any atom is 0.247 e. The molecule has 1 aromatic rings. The molecule has 2 atom stereocenters. The zero-order valence-electron chi connectivity index (χ0n) is 12.6. The van der Waals surface area contributed by atoms with Crippen molar-refractivity contribution >= 4 is 34.8 Å². The first kappa shape index (κ1) is 16.5. The van der Waals surface area contributed by atoms with Crippen molar-refractivity contribution in [3.8, 4) is 0 Å². The lowest BCUT2D eigenvalue weighted by Crippen LogP contribution is -2.44. The van der Waals surface area contributed by atoms with Gasteiger partial charge in [-0.25, -0.2) is 0 Å². The van der Waals surface area contributed by atoms with Gasteiger partial charge in [0.2, 0.25) is 11.8 Å². The summed E-state index contributed by atoms with van der Waals surface area (Å²) in [4.78, 5) is 27.1. The summed E-state index contributed by atoms with van der Waals surface area (Å²) in [5.74, 6) is -0.161. The van der Waals surface area contributed by atoms with Gasteiger partial charge in [0.1, 0.15) is 0 Å². The third kappa shape index (κ3) is 3.47. The van der Waals surface area contributed by atoms with Crippen molar-refractivity contribution < 1.29 is 9.59 Å². The molecule has 4 nitrogen and oxygen atoms in total. The van der Waals surface area contributed by atoms with Crippen molar-refractivity contribution in [1.29, 1.82) is 0 Å². The van der Waals surface area contributed by atoms with Crippen molar-refractivity contribution in [2.75, 3.05) is 0 Å². The number of rotatable bonds is 6. The minimum absolute atomic E-state index is 0.00547. The van der Waals surface area contributed by atoms with Crippen LogP contribution in [-0.2, 0) is 9.59 Å². The van der Waals surface area contributed by atoms with Crippen LogP contribution in [-0.4, -0.2) is 28.8 Å². The van der Waals surface area contributed by atoms with Gasteiger partial charge in [-0.1, -0.05) is 25.4 Å². The number of imide groups is 1. The number of thiophene rings is 1. The second-order valence-electron chi connectivity index (χ2n) is 5.36. The van der Waals surface area contributed by atoms with Crippen molar-refractivity contribution in [2.24, 2.45) is 0 Å². The molecule has 0 aromatic carbocycles. The zero-order chi connectivity index (χ0) is 15.6. The summed E-state index contributed by atoms with van der Waals surface area (Å²) in [6.45, 7) is 6.00. The van der Waals surface area contributed by atoms with Crippen LogP contribution < -0.4 is 5.32 Å². The molecular weight excluding hydrogens is 308 g/mol. The molecule has 0 saturated carbocycles. The first-order valence-corrected chi connectivity index (χ1v) is 8.54. The van der Waals surface area contributed by atoms with Crippen LogP contribution >= 0.6 is 22.9 Å². The molecule has 116 valence electrons. The number of hydrogen-bond donors (Lipinski definition) is 1. The number of nitrogens with zero attached hydrogens (tertiary/aromatic N) is 1. The van der Waals surface area contributed by atoms with E-state index in [9.17, 15) is 9.59 Å². The molecule has 0 aliphatic carbocycles. The first-order chi connectivity index (χ1) is 9.97. The number of amides is 2. The molecular formula is C15H21ClN2O2S. The summed E-state index contributed by atoms with van der Waals surface area (Å²) in [6.07, 6.45) is 1.85. The highest BCUT2D eigenvalue weighted by Crippen LogP contribution is 2.28. The van der Waals surface area contributed by atoms with E-state index in [1.165, 1.54) is 16.2 Å². The second-order valence-corrected chi connectivity index (χ2v) is 7.11. The number of hydrogen-bond acceptors (Lipinski definition) is 4. The van der Waals surface area contributed by atoms with Crippen LogP contribution in [0.2, 0.25) is 4.34 Å². The van der Waals surface area contributed by atoms with Gasteiger partial charge >= 0.3 is 0 Å². The Kier molecular flexibility index (Phi) is 5.41. The lowest BCUT2D eigenvalue weighted by atomic mass is 10.1. The normalized spacial score (nSPS) is 20.6. The fraction of sp³-hybridized carbons (Fsp3) is 0.600. The van der Waals surface area contributed by atoms with Gasteiger partial charge in [-0.15, -0.1) is 11.3 Å². The molecule has 6 heteroatoms. The Hall–Kier alpha value is -0.910. The average Bonchev–Trinajstić information content (AvgIpc) is 2.99. The van der Waals surface area contributed by atoms with E-state index in [1.54, 1.807) is 0 Å². The van der Waals surface area contributed by atoms with Crippen LogP contribution in [0.15, 0.2) is 12.1 Å². The SMILES string of the molecule is CCC(CC)N1C(=O)CC(NC(C)c2ccc(Cl)s2)C1=O. The second kappa shape index (κ2) is 6.90. The van der Waals surface area contributed by atoms with Crippen LogP contribution in [0.5, 0.6) is 0 Å². The van der Waals surface area contributed by atoms with Crippen LogP contribution in [0.25, 0.3) is 0 Å². The predicted octanol–water partition coefficient (Wildman–Crippen LogP) is 3.37. The lowest BCUT2D eigenvalue weighted by Gasteiger charge is -2.25. The van der Waals surface area contributed by atoms with E-state index in [0.717, 1.165) is 22.1 Å². The fourth-order valence-electron chi connectivity index (χ4n) is 2.76. The molecule has 1 aliphatic rings. The van der Waals surface area contributed by atoms with Crippen LogP contribution in [0, 0.1) is 0 Å². The molecule has 1 aromatic heterocycles. The molecule has 2 amide bonds. The molecule has 0 radical (unpaired) electrons. The highest BCUT2D eigenvalue weighted by atomic mass is 35.5. The standard InChI is InChI=1S/C15H21ClN2O2S/c1-4-10(5-2)18-14(19)8-11(15(18)20)17-9(3)12-6-7-13(16)21-12/h6-7,9-11,17H,4-5,8H2,1-3H3. The molecule has 1 aliphatic heterocycles. The Balaban J connectivity index is 2.05. The molecule has 2 heterocycles. The van der Waals surface area contributed by atoms with E-state index in [4.69, 9.17) is 11.6 Å². The van der Waals surface area contributed by atoms with Crippen LogP contribution in [0.4, 0.5) is 0 Å². The molecule has 0 bridgehead atoms. The number of carbonyl (C=O) groups is 2. The van der Waals surface area contributed by atoms with Crippen LogP contribution in [0.1, 0.15) is 51.0 Å². The minimum atomic E-state index is -0.422. The van der Waals surface area contributed by atoms with Gasteiger partial charge in [-0.2, -0.15) is 0 Å². The molecule has 0 spiro atoms. The Morgan fingerprint density at radius 3 is 2.57 bits per heavy atom. The van der Waals surface area contributed by atoms with Gasteiger partial charge in [0.05, 0.1) is 16.8 Å². The van der Waals surface area contributed by atoms with Crippen molar-refractivity contribution in [2.45, 2.75) is 58.2 Å². The fourth-order valence-corrected chi connectivity index (χ4v) is 3.84. The van der Waals surface area contributed by atoms with E-state index in [-0.39, 0.29) is 30.3 Å². The summed E-state index contributed by atoms with van der Waals surface area (Å²) in [5.41, 5.74) is 0. The van der Waals surface area contributed by atoms with E-state index in [1.807, 2.05) is 32.9 Å². The molecule has 21 heavy (non-hydrogen) atoms. The highest BCUT2D eigenvalue weighted by Gasteiger charge is 2.41. The van der Waals surface area contributed by atoms with Gasteiger partial charge in [0.15, 0.2) is 0 Å². The van der Waals surface area contributed by atoms with E-state index in [2.05, 4.69) is 5.32 Å². The van der Waals surface area contributed by atoms with E-state index < -0.39 is 6.04 Å². The van der Waals surface area contributed by atoms with Gasteiger partial charge in [0, 0.05) is 17.0 Å². The highest BCUT2D eigenvalue weighted by molar-refractivity contribution is 7.16. The van der Waals surface area contributed by atoms with E-state index in [0.29, 0.717) is 0 Å². The Bertz CT molecular complexity index is 527. The summed E-state index contributed by atoms with van der Waals surface area (Å²) in [5, 5.41) is 3.26. The summed E-state index contributed by atoms with van der Waals surface area (Å²) in [7, 11) is 0. The number of carbonyl (C=O) groups excluding carboxylic acids is 2. The number of halogens is 1. The first-order valence-electron chi connectivity index (χ1n) is 7.35. The van der Waals surface area contributed by atoms with Crippen LogP contribution in [0.3, 0.4) is 0 Å². The van der Waals surface area contributed by atoms with E-state index >= 15 is 0 Å². The van der Waals surface area contributed by atoms with Gasteiger partial charge in [-0.3, -0.25) is 19.8 Å². The predicted molar refractivity (Wildman–Crippen MR) is 85.5 cm³/mol. The monoisotopic (exact) mass is 328 g/mol. The minimum Gasteiger partial charge on any atom is -0.298 e. The summed E-state index contributed by atoms with van der Waals surface area (Å²) in [6, 6.07) is 3.39. The molecule has 1 N–H and O–H groups in total. The third-order valence-corrected chi connectivity index (χ3v) is 5.38. The maximum atomic E-state index is 12.5. The average molecular weight is 329 g/mol. The zero-order valence-corrected chi connectivity index (χ0v) is 14.1. The maximum absolute atomic E-state index is 12.5. The summed E-state index contributed by atoms with van der Waals surface area (Å²) >= 11 is 7.43. The molecule has 1 saturated heterocycles. The Morgan fingerprint density at radius 1 is 1.38 bits per heavy atom. The van der Waals surface area contributed by atoms with Crippen molar-refractivity contribution in [3.63, 3.8) is 0 Å². The Labute approximate surface area is 134 Å². The topological polar surface area (TPSA) is 49.4 Å². The lowest BCUT2D eigenvalue weighted by molar-refractivity contribution is -0.141. The van der Waals surface area contributed by atoms with Gasteiger partial charge < -0.3 is 0 Å². The summed E-state index contributed by atoms with van der Waals surface area (Å²) < 4.78 is 0.728. The van der Waals surface area contributed by atoms with Crippen molar-refractivity contribution in [1.82, 2.24) is 10.2 Å². The quantitative estimate of drug-likeness (QED) is 0.814. The molecule has 2 rings (SSSR count). The van der Waals surface area contributed by atoms with Gasteiger partial charge in [-0.05, 0) is 31.9 Å². The number of likely N-dealkylation sites (tertiary alicyclic amines) is 1. The van der Waals surface area contributed by atoms with Gasteiger partial charge in [0.25, 0.3) is 0 Å². The van der Waals surface area contributed by atoms with Crippen molar-refractivity contribution in [3.05, 3.63) is 21.3 Å². The third-order valence-electron chi connectivity index (χ3n) is 3.96. The molecule has 2 unspecified atom stereocenters. The Morgan fingerprint density at radius 2 is 2.05 bits per heavy atom. The molecule has 1 fully saturated rings. The number of nitrogens with one attached hydrogen (secondary N) is 1. The smallest absolute Gasteiger partial charge is 0.247 e. The largest absolute Gasteiger partial charge is 0.298 e.